The third kappa shape index (κ3) is 3.49. The predicted octanol–water partition coefficient (Wildman–Crippen LogP) is 1.73. The van der Waals surface area contributed by atoms with Gasteiger partial charge in [-0.2, -0.15) is 0 Å². The minimum Gasteiger partial charge on any atom is -0.372 e. The van der Waals surface area contributed by atoms with Crippen LogP contribution in [0.2, 0.25) is 0 Å². The van der Waals surface area contributed by atoms with Crippen LogP contribution in [0.25, 0.3) is 0 Å². The molecule has 0 spiro atoms. The Morgan fingerprint density at radius 3 is 2.04 bits per heavy atom. The number of carbonyl (C=O) groups is 3. The second-order valence-corrected chi connectivity index (χ2v) is 6.72. The van der Waals surface area contributed by atoms with Gasteiger partial charge in [0.1, 0.15) is 0 Å². The minimum absolute atomic E-state index is 0.0683. The van der Waals surface area contributed by atoms with Gasteiger partial charge in [0, 0.05) is 13.1 Å². The zero-order chi connectivity index (χ0) is 18.6. The largest absolute Gasteiger partial charge is 0.372 e. The van der Waals surface area contributed by atoms with Gasteiger partial charge >= 0.3 is 0 Å². The topological polar surface area (TPSA) is 86.7 Å². The summed E-state index contributed by atoms with van der Waals surface area (Å²) in [6.45, 7) is 0.148. The maximum atomic E-state index is 12.8. The highest BCUT2D eigenvalue weighted by atomic mass is 32.2. The second kappa shape index (κ2) is 7.72. The highest BCUT2D eigenvalue weighted by Gasteiger charge is 2.40. The lowest BCUT2D eigenvalue weighted by Crippen LogP contribution is -2.47. The molecule has 2 N–H and O–H groups in total. The summed E-state index contributed by atoms with van der Waals surface area (Å²) in [7, 11) is 0. The first kappa shape index (κ1) is 18.2. The Kier molecular flexibility index (Phi) is 5.39. The van der Waals surface area contributed by atoms with E-state index in [0.29, 0.717) is 11.1 Å². The molecule has 2 aromatic carbocycles. The smallest absolute Gasteiger partial charge is 0.288 e. The molecule has 1 aliphatic rings. The molecule has 3 rings (SSSR count). The van der Waals surface area contributed by atoms with E-state index in [-0.39, 0.29) is 30.0 Å². The van der Waals surface area contributed by atoms with Crippen LogP contribution in [0.3, 0.4) is 0 Å². The van der Waals surface area contributed by atoms with Crippen molar-refractivity contribution in [1.29, 1.82) is 0 Å². The van der Waals surface area contributed by atoms with E-state index in [1.54, 1.807) is 60.7 Å². The normalized spacial score (nSPS) is 14.6. The fraction of sp³-hybridized carbons (Fsp3) is 0.211. The first-order chi connectivity index (χ1) is 12.5. The molecule has 0 saturated carbocycles. The van der Waals surface area contributed by atoms with E-state index in [4.69, 9.17) is 0 Å². The van der Waals surface area contributed by atoms with Crippen molar-refractivity contribution in [2.24, 2.45) is 0 Å². The fourth-order valence-electron chi connectivity index (χ4n) is 2.79. The van der Waals surface area contributed by atoms with Gasteiger partial charge in [0.15, 0.2) is 5.60 Å². The molecule has 1 aliphatic heterocycles. The lowest BCUT2D eigenvalue weighted by atomic mass is 9.85. The molecule has 6 nitrogen and oxygen atoms in total. The van der Waals surface area contributed by atoms with Gasteiger partial charge in [0.25, 0.3) is 11.1 Å². The lowest BCUT2D eigenvalue weighted by Gasteiger charge is -2.28. The summed E-state index contributed by atoms with van der Waals surface area (Å²) in [5.74, 6) is -0.748. The molecule has 3 amide bonds. The number of nitrogens with one attached hydrogen (secondary N) is 1. The van der Waals surface area contributed by atoms with Crippen molar-refractivity contribution in [1.82, 2.24) is 10.2 Å². The summed E-state index contributed by atoms with van der Waals surface area (Å²) in [6.07, 6.45) is 0. The number of nitrogens with zero attached hydrogens (tertiary/aromatic N) is 1. The minimum atomic E-state index is -1.86. The average molecular weight is 370 g/mol. The summed E-state index contributed by atoms with van der Waals surface area (Å²) >= 11 is 0.947. The molecule has 7 heteroatoms. The Morgan fingerprint density at radius 2 is 1.58 bits per heavy atom. The Bertz CT molecular complexity index is 755. The van der Waals surface area contributed by atoms with E-state index >= 15 is 0 Å². The first-order valence-electron chi connectivity index (χ1n) is 8.12. The maximum absolute atomic E-state index is 12.8. The first-order valence-corrected chi connectivity index (χ1v) is 9.11. The Balaban J connectivity index is 1.78. The number of hydrogen-bond acceptors (Lipinski definition) is 5. The van der Waals surface area contributed by atoms with Crippen LogP contribution in [0.1, 0.15) is 11.1 Å². The number of benzene rings is 2. The van der Waals surface area contributed by atoms with Gasteiger partial charge in [0.05, 0.1) is 5.75 Å². The van der Waals surface area contributed by atoms with Crippen molar-refractivity contribution in [2.45, 2.75) is 5.60 Å². The van der Waals surface area contributed by atoms with E-state index < -0.39 is 11.5 Å². The molecule has 0 radical (unpaired) electrons. The van der Waals surface area contributed by atoms with E-state index in [9.17, 15) is 19.5 Å². The zero-order valence-electron chi connectivity index (χ0n) is 13.9. The fourth-order valence-corrected chi connectivity index (χ4v) is 3.55. The molecule has 0 aliphatic carbocycles. The third-order valence-corrected chi connectivity index (χ3v) is 5.03. The summed E-state index contributed by atoms with van der Waals surface area (Å²) in [5, 5.41) is 13.6. The van der Waals surface area contributed by atoms with Crippen LogP contribution in [0, 0.1) is 0 Å². The van der Waals surface area contributed by atoms with Crippen LogP contribution in [0.15, 0.2) is 60.7 Å². The average Bonchev–Trinajstić information content (AvgIpc) is 3.00. The molecule has 26 heavy (non-hydrogen) atoms. The number of thioether (sulfide) groups is 1. The Labute approximate surface area is 155 Å². The number of aliphatic hydroxyl groups is 1. The summed E-state index contributed by atoms with van der Waals surface area (Å²) in [5.41, 5.74) is -0.990. The molecule has 0 atom stereocenters. The van der Waals surface area contributed by atoms with Gasteiger partial charge in [-0.25, -0.2) is 0 Å². The van der Waals surface area contributed by atoms with Gasteiger partial charge in [-0.05, 0) is 11.1 Å². The van der Waals surface area contributed by atoms with Gasteiger partial charge < -0.3 is 10.4 Å². The molecule has 1 saturated heterocycles. The molecule has 1 heterocycles. The van der Waals surface area contributed by atoms with Crippen molar-refractivity contribution >= 4 is 28.8 Å². The molecule has 0 unspecified atom stereocenters. The number of carbonyl (C=O) groups excluding carboxylic acids is 3. The molecule has 2 aromatic rings. The van der Waals surface area contributed by atoms with Gasteiger partial charge in [-0.3, -0.25) is 19.3 Å². The Hall–Kier alpha value is -2.64. The summed E-state index contributed by atoms with van der Waals surface area (Å²) < 4.78 is 0. The third-order valence-electron chi connectivity index (χ3n) is 4.17. The molecular formula is C19H18N2O4S. The van der Waals surface area contributed by atoms with Crippen molar-refractivity contribution in [3.8, 4) is 0 Å². The summed E-state index contributed by atoms with van der Waals surface area (Å²) in [6, 6.07) is 17.3. The van der Waals surface area contributed by atoms with Gasteiger partial charge in [-0.15, -0.1) is 0 Å². The number of amides is 3. The van der Waals surface area contributed by atoms with Crippen LogP contribution in [0.5, 0.6) is 0 Å². The highest BCUT2D eigenvalue weighted by molar-refractivity contribution is 8.14. The standard InChI is InChI=1S/C19H18N2O4S/c22-16-13-26-18(24)21(16)12-11-20-17(23)19(25,14-7-3-1-4-8-14)15-9-5-2-6-10-15/h1-10,25H,11-13H2,(H,20,23). The van der Waals surface area contributed by atoms with Crippen molar-refractivity contribution < 1.29 is 19.5 Å². The van der Waals surface area contributed by atoms with E-state index in [1.807, 2.05) is 0 Å². The quantitative estimate of drug-likeness (QED) is 0.809. The van der Waals surface area contributed by atoms with E-state index in [2.05, 4.69) is 5.32 Å². The lowest BCUT2D eigenvalue weighted by molar-refractivity contribution is -0.137. The Morgan fingerprint density at radius 1 is 1.04 bits per heavy atom. The van der Waals surface area contributed by atoms with Crippen LogP contribution < -0.4 is 5.32 Å². The molecule has 0 bridgehead atoms. The van der Waals surface area contributed by atoms with E-state index in [1.165, 1.54) is 0 Å². The van der Waals surface area contributed by atoms with Crippen molar-refractivity contribution in [3.63, 3.8) is 0 Å². The zero-order valence-corrected chi connectivity index (χ0v) is 14.7. The number of rotatable bonds is 6. The van der Waals surface area contributed by atoms with E-state index in [0.717, 1.165) is 16.7 Å². The van der Waals surface area contributed by atoms with Crippen molar-refractivity contribution in [2.75, 3.05) is 18.8 Å². The van der Waals surface area contributed by atoms with Gasteiger partial charge in [-0.1, -0.05) is 72.4 Å². The maximum Gasteiger partial charge on any atom is 0.288 e. The predicted molar refractivity (Wildman–Crippen MR) is 98.5 cm³/mol. The van der Waals surface area contributed by atoms with Crippen molar-refractivity contribution in [3.05, 3.63) is 71.8 Å². The number of hydrogen-bond donors (Lipinski definition) is 2. The van der Waals surface area contributed by atoms with Crippen LogP contribution in [0.4, 0.5) is 4.79 Å². The molecule has 0 aromatic heterocycles. The van der Waals surface area contributed by atoms with Crippen LogP contribution in [-0.2, 0) is 15.2 Å². The monoisotopic (exact) mass is 370 g/mol. The summed E-state index contributed by atoms with van der Waals surface area (Å²) in [4.78, 5) is 37.2. The highest BCUT2D eigenvalue weighted by Crippen LogP contribution is 2.29. The molecular weight excluding hydrogens is 352 g/mol. The number of imide groups is 1. The second-order valence-electron chi connectivity index (χ2n) is 5.80. The SMILES string of the molecule is O=C1CSC(=O)N1CCNC(=O)C(O)(c1ccccc1)c1ccccc1. The van der Waals surface area contributed by atoms with Crippen LogP contribution >= 0.6 is 11.8 Å². The van der Waals surface area contributed by atoms with Crippen LogP contribution in [-0.4, -0.2) is 45.9 Å². The molecule has 1 fully saturated rings. The van der Waals surface area contributed by atoms with Gasteiger partial charge in [0.2, 0.25) is 5.91 Å². The molecule has 134 valence electrons.